The van der Waals surface area contributed by atoms with E-state index in [9.17, 15) is 34.2 Å². The van der Waals surface area contributed by atoms with E-state index in [0.29, 0.717) is 27.8 Å². The highest BCUT2D eigenvalue weighted by molar-refractivity contribution is 5.98. The van der Waals surface area contributed by atoms with Crippen LogP contribution in [0.2, 0.25) is 0 Å². The number of nitriles is 4. The quantitative estimate of drug-likeness (QED) is 0.533. The highest BCUT2D eigenvalue weighted by Crippen LogP contribution is 2.64. The van der Waals surface area contributed by atoms with Crippen molar-refractivity contribution < 1.29 is 13.2 Å². The first-order valence-corrected chi connectivity index (χ1v) is 9.18. The predicted molar refractivity (Wildman–Crippen MR) is 104 cm³/mol. The maximum absolute atomic E-state index is 13.5. The summed E-state index contributed by atoms with van der Waals surface area (Å²) in [5, 5.41) is 38.2. The molecule has 0 aromatic heterocycles. The van der Waals surface area contributed by atoms with Gasteiger partial charge in [0.1, 0.15) is 35.4 Å². The van der Waals surface area contributed by atoms with E-state index in [2.05, 4.69) is 0 Å². The van der Waals surface area contributed by atoms with Crippen LogP contribution in [0.25, 0.3) is 11.1 Å². The van der Waals surface area contributed by atoms with Crippen molar-refractivity contribution in [2.75, 3.05) is 0 Å². The molecule has 148 valence electrons. The third kappa shape index (κ3) is 2.80. The van der Waals surface area contributed by atoms with E-state index in [1.165, 1.54) is 6.07 Å². The Morgan fingerprint density at radius 1 is 0.742 bits per heavy atom. The zero-order chi connectivity index (χ0) is 22.5. The maximum Gasteiger partial charge on any atom is 0.416 e. The minimum Gasteiger partial charge on any atom is -0.192 e. The number of benzene rings is 2. The lowest BCUT2D eigenvalue weighted by Crippen LogP contribution is -2.07. The highest BCUT2D eigenvalue weighted by Gasteiger charge is 2.49. The van der Waals surface area contributed by atoms with E-state index in [-0.39, 0.29) is 16.7 Å². The Labute approximate surface area is 176 Å². The highest BCUT2D eigenvalue weighted by atomic mass is 19.4. The van der Waals surface area contributed by atoms with Gasteiger partial charge >= 0.3 is 6.18 Å². The van der Waals surface area contributed by atoms with E-state index in [1.807, 2.05) is 37.3 Å². The topological polar surface area (TPSA) is 95.2 Å². The summed E-state index contributed by atoms with van der Waals surface area (Å²) in [6.07, 6.45) is -4.59. The van der Waals surface area contributed by atoms with E-state index in [0.717, 1.165) is 17.7 Å². The lowest BCUT2D eigenvalue weighted by molar-refractivity contribution is -0.137. The molecule has 0 heterocycles. The third-order valence-corrected chi connectivity index (χ3v) is 5.78. The van der Waals surface area contributed by atoms with Crippen molar-refractivity contribution in [2.24, 2.45) is 0 Å². The van der Waals surface area contributed by atoms with Crippen LogP contribution >= 0.6 is 0 Å². The molecule has 7 heteroatoms. The van der Waals surface area contributed by atoms with Crippen molar-refractivity contribution in [2.45, 2.75) is 24.9 Å². The number of halogens is 3. The molecule has 0 radical (unpaired) electrons. The average Bonchev–Trinajstić information content (AvgIpc) is 3.23. The molecule has 2 aromatic carbocycles. The van der Waals surface area contributed by atoms with Crippen molar-refractivity contribution >= 4 is 11.1 Å². The van der Waals surface area contributed by atoms with E-state index >= 15 is 0 Å². The molecule has 4 rings (SSSR count). The average molecular weight is 412 g/mol. The monoisotopic (exact) mass is 412 g/mol. The molecule has 2 aromatic rings. The maximum atomic E-state index is 13.5. The molecule has 31 heavy (non-hydrogen) atoms. The van der Waals surface area contributed by atoms with Gasteiger partial charge in [-0.25, -0.2) is 0 Å². The SMILES string of the molecule is Cc1ccc2c(c1)C1C(=C(C#N)C#N)c3ccc(C(F)(F)F)cc3C1C2=C(C#N)C#N. The minimum absolute atomic E-state index is 0.197. The van der Waals surface area contributed by atoms with Crippen LogP contribution < -0.4 is 0 Å². The molecule has 0 saturated carbocycles. The largest absolute Gasteiger partial charge is 0.416 e. The number of allylic oxidation sites excluding steroid dienone is 4. The van der Waals surface area contributed by atoms with E-state index in [1.54, 1.807) is 12.1 Å². The Hall–Kier alpha value is -4.33. The van der Waals surface area contributed by atoms with Crippen LogP contribution in [0.4, 0.5) is 13.2 Å². The molecule has 2 atom stereocenters. The second kappa shape index (κ2) is 6.88. The summed E-state index contributed by atoms with van der Waals surface area (Å²) < 4.78 is 40.4. The van der Waals surface area contributed by atoms with Crippen LogP contribution in [0.1, 0.15) is 45.2 Å². The number of aryl methyl sites for hydroxylation is 1. The number of hydrogen-bond donors (Lipinski definition) is 0. The third-order valence-electron chi connectivity index (χ3n) is 5.78. The second-order valence-electron chi connectivity index (χ2n) is 7.37. The minimum atomic E-state index is -4.59. The van der Waals surface area contributed by atoms with Crippen LogP contribution in [0.5, 0.6) is 0 Å². The Bertz CT molecular complexity index is 1350. The van der Waals surface area contributed by atoms with Gasteiger partial charge in [0.2, 0.25) is 0 Å². The first-order valence-electron chi connectivity index (χ1n) is 9.18. The van der Waals surface area contributed by atoms with Crippen molar-refractivity contribution in [3.63, 3.8) is 0 Å². The molecule has 0 spiro atoms. The predicted octanol–water partition coefficient (Wildman–Crippen LogP) is 5.51. The molecule has 0 bridgehead atoms. The normalized spacial score (nSPS) is 18.1. The molecular formula is C24H11F3N4. The zero-order valence-corrected chi connectivity index (χ0v) is 16.0. The Morgan fingerprint density at radius 2 is 1.19 bits per heavy atom. The summed E-state index contributed by atoms with van der Waals surface area (Å²) in [4.78, 5) is 0. The number of rotatable bonds is 0. The van der Waals surface area contributed by atoms with Gasteiger partial charge in [0, 0.05) is 11.8 Å². The molecule has 0 N–H and O–H groups in total. The Balaban J connectivity index is 2.17. The molecule has 0 aliphatic heterocycles. The van der Waals surface area contributed by atoms with Gasteiger partial charge in [0.25, 0.3) is 0 Å². The standard InChI is InChI=1S/C24H11F3N4/c1-12-2-4-16-18(6-12)22-21(14(10-30)11-31)17-5-3-15(24(25,26)27)7-19(17)23(22)20(16)13(8-28)9-29/h2-7,22-23H,1H3. The van der Waals surface area contributed by atoms with Crippen LogP contribution in [-0.4, -0.2) is 0 Å². The fraction of sp³-hybridized carbons (Fsp3) is 0.167. The van der Waals surface area contributed by atoms with Gasteiger partial charge in [-0.2, -0.15) is 34.2 Å². The Morgan fingerprint density at radius 3 is 1.65 bits per heavy atom. The molecule has 0 saturated heterocycles. The number of alkyl halides is 3. The van der Waals surface area contributed by atoms with E-state index in [4.69, 9.17) is 0 Å². The van der Waals surface area contributed by atoms with Crippen molar-refractivity contribution in [1.29, 1.82) is 21.0 Å². The van der Waals surface area contributed by atoms with Gasteiger partial charge in [-0.3, -0.25) is 0 Å². The fourth-order valence-electron chi connectivity index (χ4n) is 4.64. The van der Waals surface area contributed by atoms with E-state index < -0.39 is 23.6 Å². The molecule has 0 amide bonds. The van der Waals surface area contributed by atoms with Crippen molar-refractivity contribution in [3.8, 4) is 24.3 Å². The van der Waals surface area contributed by atoms with Gasteiger partial charge in [0.05, 0.1) is 5.56 Å². The van der Waals surface area contributed by atoms with Crippen molar-refractivity contribution in [3.05, 3.63) is 80.9 Å². The first kappa shape index (κ1) is 20.0. The van der Waals surface area contributed by atoms with Crippen LogP contribution in [0, 0.1) is 52.2 Å². The number of hydrogen-bond acceptors (Lipinski definition) is 4. The van der Waals surface area contributed by atoms with Gasteiger partial charge < -0.3 is 0 Å². The second-order valence-corrected chi connectivity index (χ2v) is 7.37. The molecule has 2 aliphatic carbocycles. The molecule has 2 unspecified atom stereocenters. The molecular weight excluding hydrogens is 401 g/mol. The fourth-order valence-corrected chi connectivity index (χ4v) is 4.64. The summed E-state index contributed by atoms with van der Waals surface area (Å²) in [6.45, 7) is 1.84. The lowest BCUT2D eigenvalue weighted by atomic mass is 9.86. The van der Waals surface area contributed by atoms with Gasteiger partial charge in [-0.1, -0.05) is 29.8 Å². The molecule has 2 aliphatic rings. The summed E-state index contributed by atoms with van der Waals surface area (Å²) >= 11 is 0. The van der Waals surface area contributed by atoms with Crippen LogP contribution in [-0.2, 0) is 6.18 Å². The smallest absolute Gasteiger partial charge is 0.192 e. The zero-order valence-electron chi connectivity index (χ0n) is 16.0. The molecule has 0 fully saturated rings. The van der Waals surface area contributed by atoms with Gasteiger partial charge in [-0.05, 0) is 52.5 Å². The number of nitrogens with zero attached hydrogens (tertiary/aromatic N) is 4. The van der Waals surface area contributed by atoms with Crippen LogP contribution in [0.15, 0.2) is 47.5 Å². The summed E-state index contributed by atoms with van der Waals surface area (Å²) in [7, 11) is 0. The first-order chi connectivity index (χ1) is 14.8. The van der Waals surface area contributed by atoms with Gasteiger partial charge in [0.15, 0.2) is 0 Å². The van der Waals surface area contributed by atoms with Crippen LogP contribution in [0.3, 0.4) is 0 Å². The summed E-state index contributed by atoms with van der Waals surface area (Å²) in [5.74, 6) is -1.40. The van der Waals surface area contributed by atoms with Crippen molar-refractivity contribution in [1.82, 2.24) is 0 Å². The molecule has 4 nitrogen and oxygen atoms in total. The lowest BCUT2D eigenvalue weighted by Gasteiger charge is -2.15. The Kier molecular flexibility index (Phi) is 4.43. The van der Waals surface area contributed by atoms with Gasteiger partial charge in [-0.15, -0.1) is 0 Å². The summed E-state index contributed by atoms with van der Waals surface area (Å²) in [5.41, 5.74) is 2.15. The number of fused-ring (bicyclic) bond motifs is 5. The summed E-state index contributed by atoms with van der Waals surface area (Å²) in [6, 6.07) is 16.0.